The van der Waals surface area contributed by atoms with E-state index in [1.165, 1.54) is 32.2 Å². The summed E-state index contributed by atoms with van der Waals surface area (Å²) in [5.74, 6) is 0.841. The van der Waals surface area contributed by atoms with E-state index in [1.807, 2.05) is 0 Å². The quantitative estimate of drug-likeness (QED) is 0.807. The molecular formula is C16H34N2. The number of nitrogens with one attached hydrogen (secondary N) is 1. The topological polar surface area (TPSA) is 15.3 Å². The van der Waals surface area contributed by atoms with Crippen LogP contribution >= 0.6 is 0 Å². The lowest BCUT2D eigenvalue weighted by atomic mass is 9.82. The predicted octanol–water partition coefficient (Wildman–Crippen LogP) is 3.52. The van der Waals surface area contributed by atoms with E-state index in [1.54, 1.807) is 0 Å². The zero-order valence-corrected chi connectivity index (χ0v) is 13.4. The lowest BCUT2D eigenvalue weighted by Crippen LogP contribution is -2.47. The highest BCUT2D eigenvalue weighted by Crippen LogP contribution is 2.28. The highest BCUT2D eigenvalue weighted by molar-refractivity contribution is 4.85. The zero-order chi connectivity index (χ0) is 13.8. The summed E-state index contributed by atoms with van der Waals surface area (Å²) in [5, 5.41) is 3.69. The van der Waals surface area contributed by atoms with Crippen LogP contribution in [-0.2, 0) is 0 Å². The van der Waals surface area contributed by atoms with E-state index in [4.69, 9.17) is 0 Å². The van der Waals surface area contributed by atoms with Crippen LogP contribution in [0.25, 0.3) is 0 Å². The van der Waals surface area contributed by atoms with Crippen molar-refractivity contribution in [3.05, 3.63) is 0 Å². The van der Waals surface area contributed by atoms with Gasteiger partial charge in [-0.3, -0.25) is 0 Å². The molecule has 18 heavy (non-hydrogen) atoms. The minimum Gasteiger partial charge on any atom is -0.314 e. The number of hydrogen-bond donors (Lipinski definition) is 1. The number of hydrogen-bond acceptors (Lipinski definition) is 2. The van der Waals surface area contributed by atoms with E-state index in [0.717, 1.165) is 18.5 Å². The van der Waals surface area contributed by atoms with Gasteiger partial charge in [0.15, 0.2) is 0 Å². The van der Waals surface area contributed by atoms with Crippen LogP contribution in [0.5, 0.6) is 0 Å². The average molecular weight is 254 g/mol. The molecule has 0 aliphatic heterocycles. The Morgan fingerprint density at radius 3 is 2.39 bits per heavy atom. The molecule has 0 saturated heterocycles. The molecule has 108 valence electrons. The summed E-state index contributed by atoms with van der Waals surface area (Å²) in [7, 11) is 2.30. The first-order valence-corrected chi connectivity index (χ1v) is 7.80. The summed E-state index contributed by atoms with van der Waals surface area (Å²) >= 11 is 0. The maximum Gasteiger partial charge on any atom is 0.0112 e. The molecule has 3 unspecified atom stereocenters. The molecule has 1 saturated carbocycles. The molecule has 0 aromatic heterocycles. The molecule has 1 N–H and O–H groups in total. The van der Waals surface area contributed by atoms with Gasteiger partial charge in [-0.2, -0.15) is 0 Å². The fraction of sp³-hybridized carbons (Fsp3) is 1.00. The smallest absolute Gasteiger partial charge is 0.0112 e. The van der Waals surface area contributed by atoms with E-state index in [9.17, 15) is 0 Å². The van der Waals surface area contributed by atoms with E-state index in [-0.39, 0.29) is 0 Å². The van der Waals surface area contributed by atoms with Crippen LogP contribution in [0.3, 0.4) is 0 Å². The average Bonchev–Trinajstić information content (AvgIpc) is 2.29. The third-order valence-corrected chi connectivity index (χ3v) is 4.81. The normalized spacial score (nSPS) is 27.5. The van der Waals surface area contributed by atoms with Crippen molar-refractivity contribution in [2.24, 2.45) is 11.3 Å². The maximum atomic E-state index is 3.69. The summed E-state index contributed by atoms with van der Waals surface area (Å²) in [6.45, 7) is 14.0. The van der Waals surface area contributed by atoms with Gasteiger partial charge in [-0.05, 0) is 44.7 Å². The summed E-state index contributed by atoms with van der Waals surface area (Å²) in [5.41, 5.74) is 0.372. The summed E-state index contributed by atoms with van der Waals surface area (Å²) in [6.07, 6.45) is 5.60. The molecule has 0 radical (unpaired) electrons. The highest BCUT2D eigenvalue weighted by atomic mass is 15.1. The first-order chi connectivity index (χ1) is 8.36. The van der Waals surface area contributed by atoms with Gasteiger partial charge in [0.1, 0.15) is 0 Å². The molecule has 2 nitrogen and oxygen atoms in total. The third-order valence-electron chi connectivity index (χ3n) is 4.81. The van der Waals surface area contributed by atoms with Crippen molar-refractivity contribution in [3.63, 3.8) is 0 Å². The fourth-order valence-corrected chi connectivity index (χ4v) is 3.15. The minimum absolute atomic E-state index is 0.372. The molecule has 0 aromatic carbocycles. The SMILES string of the molecule is CCNC1CCCCC1CN(C)C(C)C(C)(C)C. The summed E-state index contributed by atoms with van der Waals surface area (Å²) in [4.78, 5) is 2.57. The molecule has 1 aliphatic rings. The Labute approximate surface area is 115 Å². The van der Waals surface area contributed by atoms with Crippen molar-refractivity contribution in [2.75, 3.05) is 20.1 Å². The largest absolute Gasteiger partial charge is 0.314 e. The Morgan fingerprint density at radius 1 is 1.22 bits per heavy atom. The molecule has 1 fully saturated rings. The Bertz CT molecular complexity index is 230. The molecule has 2 heteroatoms. The van der Waals surface area contributed by atoms with Gasteiger partial charge in [-0.15, -0.1) is 0 Å². The van der Waals surface area contributed by atoms with Gasteiger partial charge < -0.3 is 10.2 Å². The van der Waals surface area contributed by atoms with Crippen molar-refractivity contribution < 1.29 is 0 Å². The molecular weight excluding hydrogens is 220 g/mol. The molecule has 0 bridgehead atoms. The van der Waals surface area contributed by atoms with Gasteiger partial charge >= 0.3 is 0 Å². The Hall–Kier alpha value is -0.0800. The molecule has 0 heterocycles. The van der Waals surface area contributed by atoms with Crippen LogP contribution in [0.2, 0.25) is 0 Å². The Morgan fingerprint density at radius 2 is 1.83 bits per heavy atom. The first kappa shape index (κ1) is 16.0. The lowest BCUT2D eigenvalue weighted by molar-refractivity contribution is 0.101. The van der Waals surface area contributed by atoms with Crippen LogP contribution in [-0.4, -0.2) is 37.1 Å². The van der Waals surface area contributed by atoms with E-state index in [0.29, 0.717) is 11.5 Å². The van der Waals surface area contributed by atoms with Gasteiger partial charge in [0.25, 0.3) is 0 Å². The third kappa shape index (κ3) is 4.55. The molecule has 0 aromatic rings. The Balaban J connectivity index is 2.53. The van der Waals surface area contributed by atoms with E-state index in [2.05, 4.69) is 51.9 Å². The Kier molecular flexibility index (Phi) is 6.13. The summed E-state index contributed by atoms with van der Waals surface area (Å²) < 4.78 is 0. The standard InChI is InChI=1S/C16H34N2/c1-7-17-15-11-9-8-10-14(15)12-18(6)13(2)16(3,4)5/h13-15,17H,7-12H2,1-6H3. The van der Waals surface area contributed by atoms with E-state index < -0.39 is 0 Å². The minimum atomic E-state index is 0.372. The molecule has 0 spiro atoms. The monoisotopic (exact) mass is 254 g/mol. The van der Waals surface area contributed by atoms with Crippen molar-refractivity contribution >= 4 is 0 Å². The van der Waals surface area contributed by atoms with Gasteiger partial charge in [-0.25, -0.2) is 0 Å². The number of nitrogens with zero attached hydrogens (tertiary/aromatic N) is 1. The molecule has 0 amide bonds. The molecule has 1 aliphatic carbocycles. The number of rotatable bonds is 5. The second kappa shape index (κ2) is 6.91. The second-order valence-corrected chi connectivity index (χ2v) is 7.19. The van der Waals surface area contributed by atoms with Crippen molar-refractivity contribution in [3.8, 4) is 0 Å². The highest BCUT2D eigenvalue weighted by Gasteiger charge is 2.29. The van der Waals surface area contributed by atoms with Crippen molar-refractivity contribution in [1.29, 1.82) is 0 Å². The van der Waals surface area contributed by atoms with Gasteiger partial charge in [0.2, 0.25) is 0 Å². The first-order valence-electron chi connectivity index (χ1n) is 7.80. The van der Waals surface area contributed by atoms with Crippen molar-refractivity contribution in [1.82, 2.24) is 10.2 Å². The van der Waals surface area contributed by atoms with Gasteiger partial charge in [-0.1, -0.05) is 40.5 Å². The second-order valence-electron chi connectivity index (χ2n) is 7.19. The van der Waals surface area contributed by atoms with Crippen LogP contribution in [0.1, 0.15) is 60.3 Å². The van der Waals surface area contributed by atoms with Crippen molar-refractivity contribution in [2.45, 2.75) is 72.4 Å². The van der Waals surface area contributed by atoms with Gasteiger partial charge in [0.05, 0.1) is 0 Å². The maximum absolute atomic E-state index is 3.69. The lowest BCUT2D eigenvalue weighted by Gasteiger charge is -2.40. The van der Waals surface area contributed by atoms with E-state index >= 15 is 0 Å². The van der Waals surface area contributed by atoms with Crippen LogP contribution in [0.15, 0.2) is 0 Å². The summed E-state index contributed by atoms with van der Waals surface area (Å²) in [6, 6.07) is 1.39. The fourth-order valence-electron chi connectivity index (χ4n) is 3.15. The molecule has 3 atom stereocenters. The predicted molar refractivity (Wildman–Crippen MR) is 81.0 cm³/mol. The van der Waals surface area contributed by atoms with Crippen LogP contribution in [0, 0.1) is 11.3 Å². The molecule has 1 rings (SSSR count). The van der Waals surface area contributed by atoms with Crippen LogP contribution in [0.4, 0.5) is 0 Å². The van der Waals surface area contributed by atoms with Crippen LogP contribution < -0.4 is 5.32 Å². The van der Waals surface area contributed by atoms with Gasteiger partial charge in [0, 0.05) is 18.6 Å². The zero-order valence-electron chi connectivity index (χ0n) is 13.4.